The van der Waals surface area contributed by atoms with Gasteiger partial charge in [-0.3, -0.25) is 4.79 Å². The molecular weight excluding hydrogens is 434 g/mol. The summed E-state index contributed by atoms with van der Waals surface area (Å²) in [6, 6.07) is 28.5. The Hall–Kier alpha value is -3.60. The third kappa shape index (κ3) is 8.29. The number of rotatable bonds is 12. The Labute approximate surface area is 209 Å². The van der Waals surface area contributed by atoms with Gasteiger partial charge in [-0.2, -0.15) is 0 Å². The number of carbonyl (C=O) groups is 2. The van der Waals surface area contributed by atoms with Crippen LogP contribution in [0.1, 0.15) is 55.7 Å². The van der Waals surface area contributed by atoms with E-state index in [2.05, 4.69) is 66.1 Å². The zero-order valence-corrected chi connectivity index (χ0v) is 20.9. The largest absolute Gasteiger partial charge is 0.356 e. The molecule has 0 radical (unpaired) electrons. The van der Waals surface area contributed by atoms with E-state index in [1.807, 2.05) is 43.3 Å². The molecule has 0 bridgehead atoms. The van der Waals surface area contributed by atoms with Gasteiger partial charge in [-0.15, -0.1) is 0 Å². The minimum Gasteiger partial charge on any atom is -0.356 e. The van der Waals surface area contributed by atoms with Crippen LogP contribution in [0.3, 0.4) is 0 Å². The molecule has 0 fully saturated rings. The second-order valence-electron chi connectivity index (χ2n) is 8.73. The van der Waals surface area contributed by atoms with Gasteiger partial charge in [0.25, 0.3) is 0 Å². The number of hydrogen-bond donors (Lipinski definition) is 2. The van der Waals surface area contributed by atoms with Crippen LogP contribution >= 0.6 is 0 Å². The van der Waals surface area contributed by atoms with Gasteiger partial charge in [0.15, 0.2) is 0 Å². The molecular formula is C30H37N3O2. The van der Waals surface area contributed by atoms with Gasteiger partial charge < -0.3 is 15.5 Å². The van der Waals surface area contributed by atoms with Crippen LogP contribution < -0.4 is 10.6 Å². The topological polar surface area (TPSA) is 61.4 Å². The minimum atomic E-state index is -0.169. The van der Waals surface area contributed by atoms with Crippen molar-refractivity contribution in [1.29, 1.82) is 0 Å². The van der Waals surface area contributed by atoms with Crippen molar-refractivity contribution in [2.24, 2.45) is 0 Å². The number of nitrogens with one attached hydrogen (secondary N) is 2. The summed E-state index contributed by atoms with van der Waals surface area (Å²) in [6.45, 7) is 5.71. The number of carbonyl (C=O) groups excluding carboxylic acids is 2. The van der Waals surface area contributed by atoms with Crippen molar-refractivity contribution in [2.45, 2.75) is 45.4 Å². The van der Waals surface area contributed by atoms with Gasteiger partial charge in [0, 0.05) is 37.7 Å². The first kappa shape index (κ1) is 26.0. The fraction of sp³-hybridized carbons (Fsp3) is 0.333. The summed E-state index contributed by atoms with van der Waals surface area (Å²) >= 11 is 0. The maximum atomic E-state index is 12.8. The molecule has 0 spiro atoms. The van der Waals surface area contributed by atoms with Crippen LogP contribution in [-0.2, 0) is 11.2 Å². The van der Waals surface area contributed by atoms with Gasteiger partial charge in [-0.05, 0) is 48.1 Å². The summed E-state index contributed by atoms with van der Waals surface area (Å²) in [5.41, 5.74) is 4.48. The normalized spacial score (nSPS) is 10.7. The molecule has 184 valence electrons. The second kappa shape index (κ2) is 14.0. The van der Waals surface area contributed by atoms with Gasteiger partial charge in [-0.25, -0.2) is 4.79 Å². The highest BCUT2D eigenvalue weighted by Crippen LogP contribution is 2.27. The third-order valence-electron chi connectivity index (χ3n) is 6.16. The number of urea groups is 1. The number of anilines is 1. The lowest BCUT2D eigenvalue weighted by molar-refractivity contribution is -0.121. The lowest BCUT2D eigenvalue weighted by atomic mass is 9.88. The van der Waals surface area contributed by atoms with Crippen LogP contribution in [0.4, 0.5) is 10.5 Å². The number of hydrogen-bond acceptors (Lipinski definition) is 2. The first-order valence-corrected chi connectivity index (χ1v) is 12.6. The second-order valence-corrected chi connectivity index (χ2v) is 8.73. The standard InChI is InChI=1S/C30H37N3O2/c1-3-22-33(30(35)32-27-17-15-24(4-2)16-18-27)23-20-29(34)31-21-19-28(25-11-7-5-8-12-25)26-13-9-6-10-14-26/h5-18,28H,3-4,19-23H2,1-2H3,(H,31,34)(H,32,35). The van der Waals surface area contributed by atoms with E-state index in [-0.39, 0.29) is 24.3 Å². The average molecular weight is 472 g/mol. The number of benzene rings is 3. The van der Waals surface area contributed by atoms with Crippen molar-refractivity contribution < 1.29 is 9.59 Å². The molecule has 0 heterocycles. The van der Waals surface area contributed by atoms with Crippen LogP contribution in [-0.4, -0.2) is 36.5 Å². The molecule has 3 aromatic rings. The van der Waals surface area contributed by atoms with Crippen LogP contribution in [0.25, 0.3) is 0 Å². The van der Waals surface area contributed by atoms with Crippen molar-refractivity contribution in [3.63, 3.8) is 0 Å². The zero-order valence-electron chi connectivity index (χ0n) is 20.9. The average Bonchev–Trinajstić information content (AvgIpc) is 2.90. The van der Waals surface area contributed by atoms with E-state index in [4.69, 9.17) is 0 Å². The Bertz CT molecular complexity index is 997. The predicted molar refractivity (Wildman–Crippen MR) is 144 cm³/mol. The van der Waals surface area contributed by atoms with Gasteiger partial charge in [0.2, 0.25) is 5.91 Å². The molecule has 0 aromatic heterocycles. The fourth-order valence-corrected chi connectivity index (χ4v) is 4.19. The van der Waals surface area contributed by atoms with Gasteiger partial charge in [0.1, 0.15) is 0 Å². The predicted octanol–water partition coefficient (Wildman–Crippen LogP) is 6.22. The van der Waals surface area contributed by atoms with Crippen LogP contribution in [0, 0.1) is 0 Å². The molecule has 0 aliphatic rings. The minimum absolute atomic E-state index is 0.0360. The molecule has 5 nitrogen and oxygen atoms in total. The number of nitrogens with zero attached hydrogens (tertiary/aromatic N) is 1. The van der Waals surface area contributed by atoms with E-state index in [0.29, 0.717) is 19.6 Å². The lowest BCUT2D eigenvalue weighted by Gasteiger charge is -2.23. The van der Waals surface area contributed by atoms with Crippen molar-refractivity contribution in [2.75, 3.05) is 25.0 Å². The highest BCUT2D eigenvalue weighted by atomic mass is 16.2. The Morgan fingerprint density at radius 2 is 1.40 bits per heavy atom. The van der Waals surface area contributed by atoms with Crippen molar-refractivity contribution in [1.82, 2.24) is 10.2 Å². The highest BCUT2D eigenvalue weighted by molar-refractivity contribution is 5.89. The molecule has 2 N–H and O–H groups in total. The molecule has 35 heavy (non-hydrogen) atoms. The monoisotopic (exact) mass is 471 g/mol. The maximum Gasteiger partial charge on any atom is 0.321 e. The molecule has 0 saturated carbocycles. The lowest BCUT2D eigenvalue weighted by Crippen LogP contribution is -2.38. The van der Waals surface area contributed by atoms with E-state index in [9.17, 15) is 9.59 Å². The van der Waals surface area contributed by atoms with E-state index >= 15 is 0 Å². The van der Waals surface area contributed by atoms with Crippen molar-refractivity contribution in [3.05, 3.63) is 102 Å². The van der Waals surface area contributed by atoms with Gasteiger partial charge in [-0.1, -0.05) is 86.6 Å². The molecule has 0 aliphatic carbocycles. The molecule has 5 heteroatoms. The smallest absolute Gasteiger partial charge is 0.321 e. The Balaban J connectivity index is 1.50. The Kier molecular flexibility index (Phi) is 10.4. The van der Waals surface area contributed by atoms with E-state index in [1.165, 1.54) is 16.7 Å². The van der Waals surface area contributed by atoms with E-state index in [0.717, 1.165) is 24.9 Å². The summed E-state index contributed by atoms with van der Waals surface area (Å²) in [6.07, 6.45) is 2.89. The quantitative estimate of drug-likeness (QED) is 0.329. The summed E-state index contributed by atoms with van der Waals surface area (Å²) in [5, 5.41) is 6.01. The van der Waals surface area contributed by atoms with Gasteiger partial charge in [0.05, 0.1) is 0 Å². The molecule has 0 saturated heterocycles. The molecule has 3 amide bonds. The van der Waals surface area contributed by atoms with Crippen LogP contribution in [0.2, 0.25) is 0 Å². The number of amides is 3. The molecule has 3 rings (SSSR count). The summed E-state index contributed by atoms with van der Waals surface area (Å²) in [4.78, 5) is 27.1. The Morgan fingerprint density at radius 3 is 1.94 bits per heavy atom. The third-order valence-corrected chi connectivity index (χ3v) is 6.16. The van der Waals surface area contributed by atoms with E-state index < -0.39 is 0 Å². The van der Waals surface area contributed by atoms with Crippen molar-refractivity contribution in [3.8, 4) is 0 Å². The van der Waals surface area contributed by atoms with Gasteiger partial charge >= 0.3 is 6.03 Å². The molecule has 0 aliphatic heterocycles. The van der Waals surface area contributed by atoms with E-state index in [1.54, 1.807) is 4.90 Å². The SMILES string of the molecule is CCCN(CCC(=O)NCCC(c1ccccc1)c1ccccc1)C(=O)Nc1ccc(CC)cc1. The van der Waals surface area contributed by atoms with Crippen LogP contribution in [0.5, 0.6) is 0 Å². The molecule has 3 aromatic carbocycles. The first-order valence-electron chi connectivity index (χ1n) is 12.6. The van der Waals surface area contributed by atoms with Crippen LogP contribution in [0.15, 0.2) is 84.9 Å². The maximum absolute atomic E-state index is 12.8. The summed E-state index contributed by atoms with van der Waals surface area (Å²) in [5.74, 6) is 0.185. The number of aryl methyl sites for hydroxylation is 1. The van der Waals surface area contributed by atoms with Crippen molar-refractivity contribution >= 4 is 17.6 Å². The zero-order chi connectivity index (χ0) is 24.9. The molecule has 0 atom stereocenters. The summed E-state index contributed by atoms with van der Waals surface area (Å²) in [7, 11) is 0. The highest BCUT2D eigenvalue weighted by Gasteiger charge is 2.16. The first-order chi connectivity index (χ1) is 17.1. The fourth-order valence-electron chi connectivity index (χ4n) is 4.19. The Morgan fingerprint density at radius 1 is 0.800 bits per heavy atom. The summed E-state index contributed by atoms with van der Waals surface area (Å²) < 4.78 is 0. The molecule has 0 unspecified atom stereocenters.